The van der Waals surface area contributed by atoms with Gasteiger partial charge in [0, 0.05) is 20.4 Å². The molecule has 1 rings (SSSR count). The number of primary amides is 1. The second kappa shape index (κ2) is 4.81. The molecule has 1 aromatic rings. The Kier molecular flexibility index (Phi) is 3.70. The summed E-state index contributed by atoms with van der Waals surface area (Å²) in [6, 6.07) is 0. The van der Waals surface area contributed by atoms with Gasteiger partial charge in [-0.15, -0.1) is 0 Å². The molecule has 0 aliphatic rings. The topological polar surface area (TPSA) is 87.3 Å². The van der Waals surface area contributed by atoms with E-state index in [1.165, 1.54) is 20.4 Å². The predicted octanol–water partition coefficient (Wildman–Crippen LogP) is 0.175. The second-order valence-corrected chi connectivity index (χ2v) is 2.88. The molecule has 0 aliphatic carbocycles. The van der Waals surface area contributed by atoms with Gasteiger partial charge in [0.1, 0.15) is 11.5 Å². The number of carbonyl (C=O) groups is 1. The molecule has 0 aliphatic heterocycles. The molecule has 2 N–H and O–H groups in total. The summed E-state index contributed by atoms with van der Waals surface area (Å²) in [6.07, 6.45) is 0.652. The normalized spacial score (nSPS) is 10.7. The number of hydrogen-bond donors (Lipinski definition) is 1. The van der Waals surface area contributed by atoms with E-state index in [2.05, 4.69) is 9.97 Å². The molecular formula is C9H13N3O3. The molecule has 0 spiro atoms. The zero-order valence-electron chi connectivity index (χ0n) is 8.85. The van der Waals surface area contributed by atoms with E-state index in [-0.39, 0.29) is 5.56 Å². The molecule has 82 valence electrons. The first-order valence-corrected chi connectivity index (χ1v) is 4.29. The predicted molar refractivity (Wildman–Crippen MR) is 52.0 cm³/mol. The highest BCUT2D eigenvalue weighted by Gasteiger charge is 2.19. The lowest BCUT2D eigenvalue weighted by molar-refractivity contribution is -0.109. The lowest BCUT2D eigenvalue weighted by Gasteiger charge is -2.15. The molecule has 0 saturated heterocycles. The summed E-state index contributed by atoms with van der Waals surface area (Å²) in [5.74, 6) is -0.0850. The molecule has 0 unspecified atom stereocenters. The summed E-state index contributed by atoms with van der Waals surface area (Å²) in [5, 5.41) is 0. The van der Waals surface area contributed by atoms with Crippen LogP contribution in [-0.4, -0.2) is 30.1 Å². The van der Waals surface area contributed by atoms with Crippen molar-refractivity contribution in [3.05, 3.63) is 23.3 Å². The summed E-state index contributed by atoms with van der Waals surface area (Å²) in [6.45, 7) is 1.71. The molecule has 1 aromatic heterocycles. The van der Waals surface area contributed by atoms with Gasteiger partial charge in [-0.3, -0.25) is 4.79 Å². The van der Waals surface area contributed by atoms with Crippen LogP contribution in [-0.2, 0) is 9.47 Å². The van der Waals surface area contributed by atoms with E-state index < -0.39 is 12.2 Å². The maximum atomic E-state index is 11.1. The minimum atomic E-state index is -0.714. The van der Waals surface area contributed by atoms with Crippen LogP contribution in [0.3, 0.4) is 0 Å². The number of hydrogen-bond acceptors (Lipinski definition) is 5. The van der Waals surface area contributed by atoms with E-state index in [0.717, 1.165) is 0 Å². The molecule has 0 saturated carbocycles. The van der Waals surface area contributed by atoms with Crippen molar-refractivity contribution < 1.29 is 14.3 Å². The second-order valence-electron chi connectivity index (χ2n) is 2.88. The van der Waals surface area contributed by atoms with Crippen LogP contribution >= 0.6 is 0 Å². The van der Waals surface area contributed by atoms with Crippen LogP contribution in [0.1, 0.15) is 28.2 Å². The lowest BCUT2D eigenvalue weighted by atomic mass is 10.2. The van der Waals surface area contributed by atoms with Gasteiger partial charge in [0.05, 0.1) is 5.56 Å². The van der Waals surface area contributed by atoms with Crippen LogP contribution in [0, 0.1) is 6.92 Å². The quantitative estimate of drug-likeness (QED) is 0.717. The maximum absolute atomic E-state index is 11.1. The van der Waals surface area contributed by atoms with Crippen molar-refractivity contribution in [1.82, 2.24) is 9.97 Å². The molecule has 0 atom stereocenters. The van der Waals surface area contributed by atoms with Crippen LogP contribution in [0.2, 0.25) is 0 Å². The summed E-state index contributed by atoms with van der Waals surface area (Å²) in [7, 11) is 2.91. The maximum Gasteiger partial charge on any atom is 0.252 e. The van der Waals surface area contributed by atoms with Crippen molar-refractivity contribution in [3.63, 3.8) is 0 Å². The van der Waals surface area contributed by atoms with Crippen molar-refractivity contribution in [2.45, 2.75) is 13.2 Å². The highest BCUT2D eigenvalue weighted by atomic mass is 16.7. The van der Waals surface area contributed by atoms with Crippen molar-refractivity contribution in [2.24, 2.45) is 5.73 Å². The van der Waals surface area contributed by atoms with Gasteiger partial charge in [-0.25, -0.2) is 9.97 Å². The standard InChI is InChI=1S/C9H13N3O3/c1-5-11-4-6(8(10)13)7(12-5)9(14-2)15-3/h4,9H,1-3H3,(H2,10,13). The van der Waals surface area contributed by atoms with Gasteiger partial charge in [-0.05, 0) is 6.92 Å². The van der Waals surface area contributed by atoms with E-state index in [1.54, 1.807) is 6.92 Å². The number of ether oxygens (including phenoxy) is 2. The Balaban J connectivity index is 3.22. The third kappa shape index (κ3) is 2.48. The Morgan fingerprint density at radius 3 is 2.53 bits per heavy atom. The minimum Gasteiger partial charge on any atom is -0.365 e. The van der Waals surface area contributed by atoms with E-state index >= 15 is 0 Å². The Morgan fingerprint density at radius 1 is 1.47 bits per heavy atom. The third-order valence-electron chi connectivity index (χ3n) is 1.86. The van der Waals surface area contributed by atoms with E-state index in [1.807, 2.05) is 0 Å². The van der Waals surface area contributed by atoms with Gasteiger partial charge in [-0.1, -0.05) is 0 Å². The summed E-state index contributed by atoms with van der Waals surface area (Å²) < 4.78 is 10.0. The molecule has 1 amide bonds. The Morgan fingerprint density at radius 2 is 2.07 bits per heavy atom. The first kappa shape index (κ1) is 11.5. The van der Waals surface area contributed by atoms with Gasteiger partial charge in [-0.2, -0.15) is 0 Å². The number of carbonyl (C=O) groups excluding carboxylic acids is 1. The first-order valence-electron chi connectivity index (χ1n) is 4.29. The third-order valence-corrected chi connectivity index (χ3v) is 1.86. The van der Waals surface area contributed by atoms with Crippen LogP contribution in [0.5, 0.6) is 0 Å². The Hall–Kier alpha value is -1.53. The molecule has 1 heterocycles. The molecule has 0 aromatic carbocycles. The van der Waals surface area contributed by atoms with Crippen molar-refractivity contribution in [2.75, 3.05) is 14.2 Å². The number of aryl methyl sites for hydroxylation is 1. The van der Waals surface area contributed by atoms with E-state index in [4.69, 9.17) is 15.2 Å². The number of methoxy groups -OCH3 is 2. The van der Waals surface area contributed by atoms with Crippen molar-refractivity contribution in [3.8, 4) is 0 Å². The molecule has 0 bridgehead atoms. The van der Waals surface area contributed by atoms with E-state index in [0.29, 0.717) is 11.5 Å². The first-order chi connectivity index (χ1) is 7.10. The fourth-order valence-electron chi connectivity index (χ4n) is 1.18. The number of nitrogens with two attached hydrogens (primary N) is 1. The molecule has 6 heteroatoms. The largest absolute Gasteiger partial charge is 0.365 e. The molecular weight excluding hydrogens is 198 g/mol. The lowest BCUT2D eigenvalue weighted by Crippen LogP contribution is -2.19. The Labute approximate surface area is 87.4 Å². The average Bonchev–Trinajstić information content (AvgIpc) is 2.19. The zero-order valence-corrected chi connectivity index (χ0v) is 8.85. The van der Waals surface area contributed by atoms with Gasteiger partial charge in [0.25, 0.3) is 5.91 Å². The van der Waals surface area contributed by atoms with Crippen molar-refractivity contribution in [1.29, 1.82) is 0 Å². The molecule has 0 radical (unpaired) electrons. The summed E-state index contributed by atoms with van der Waals surface area (Å²) in [5.41, 5.74) is 5.73. The fourth-order valence-corrected chi connectivity index (χ4v) is 1.18. The summed E-state index contributed by atoms with van der Waals surface area (Å²) in [4.78, 5) is 19.1. The number of aromatic nitrogens is 2. The van der Waals surface area contributed by atoms with Gasteiger partial charge in [0.2, 0.25) is 6.29 Å². The molecule has 6 nitrogen and oxygen atoms in total. The highest BCUT2D eigenvalue weighted by molar-refractivity contribution is 5.93. The minimum absolute atomic E-state index is 0.203. The fraction of sp³-hybridized carbons (Fsp3) is 0.444. The SMILES string of the molecule is COC(OC)c1nc(C)ncc1C(N)=O. The number of nitrogens with zero attached hydrogens (tertiary/aromatic N) is 2. The van der Waals surface area contributed by atoms with Crippen LogP contribution < -0.4 is 5.73 Å². The van der Waals surface area contributed by atoms with Gasteiger partial charge >= 0.3 is 0 Å². The van der Waals surface area contributed by atoms with E-state index in [9.17, 15) is 4.79 Å². The van der Waals surface area contributed by atoms with Crippen LogP contribution in [0.4, 0.5) is 0 Å². The van der Waals surface area contributed by atoms with Crippen LogP contribution in [0.25, 0.3) is 0 Å². The smallest absolute Gasteiger partial charge is 0.252 e. The zero-order chi connectivity index (χ0) is 11.4. The number of rotatable bonds is 4. The van der Waals surface area contributed by atoms with Gasteiger partial charge < -0.3 is 15.2 Å². The number of amides is 1. The van der Waals surface area contributed by atoms with Crippen molar-refractivity contribution >= 4 is 5.91 Å². The molecule has 0 fully saturated rings. The highest BCUT2D eigenvalue weighted by Crippen LogP contribution is 2.18. The van der Waals surface area contributed by atoms with Crippen LogP contribution in [0.15, 0.2) is 6.20 Å². The van der Waals surface area contributed by atoms with Gasteiger partial charge in [0.15, 0.2) is 0 Å². The Bertz CT molecular complexity index is 364. The monoisotopic (exact) mass is 211 g/mol. The average molecular weight is 211 g/mol. The molecule has 15 heavy (non-hydrogen) atoms. The summed E-state index contributed by atoms with van der Waals surface area (Å²) >= 11 is 0.